The molecular formula is C56H93NO3. The van der Waals surface area contributed by atoms with Gasteiger partial charge in [-0.25, -0.2) is 0 Å². The van der Waals surface area contributed by atoms with Gasteiger partial charge in [-0.3, -0.25) is 4.79 Å². The van der Waals surface area contributed by atoms with Crippen molar-refractivity contribution in [3.8, 4) is 0 Å². The van der Waals surface area contributed by atoms with E-state index >= 15 is 0 Å². The summed E-state index contributed by atoms with van der Waals surface area (Å²) in [5.41, 5.74) is 0. The third-order valence-electron chi connectivity index (χ3n) is 10.4. The Kier molecular flexibility index (Phi) is 47.5. The number of amides is 1. The number of hydrogen-bond donors (Lipinski definition) is 3. The third-order valence-corrected chi connectivity index (χ3v) is 10.4. The zero-order valence-electron chi connectivity index (χ0n) is 38.9. The van der Waals surface area contributed by atoms with Crippen LogP contribution in [0.3, 0.4) is 0 Å². The van der Waals surface area contributed by atoms with Gasteiger partial charge in [0.1, 0.15) is 0 Å². The van der Waals surface area contributed by atoms with Gasteiger partial charge in [-0.05, 0) is 96.3 Å². The third kappa shape index (κ3) is 45.9. The minimum absolute atomic E-state index is 0.0852. The van der Waals surface area contributed by atoms with Gasteiger partial charge in [0.25, 0.3) is 0 Å². The fourth-order valence-corrected chi connectivity index (χ4v) is 6.67. The highest BCUT2D eigenvalue weighted by atomic mass is 16.3. The molecule has 0 rings (SSSR count). The standard InChI is InChI=1S/C56H93NO3/c1-3-5-7-9-11-13-15-16-17-18-19-20-21-22-23-24-25-26-27-28-29-30-31-32-33-34-35-36-37-38-39-40-42-44-46-48-50-52-56(60)57-54(53-58)55(59)51-49-47-45-43-41-14-12-10-8-6-4-2/h5,7-8,10-11,13,16-17,19-20,22-23,25-26,28-29,41,43,49,51,54-55,58-59H,3-4,6,9,12,14-15,18,21,24,27,30-40,42,44-48,50,52-53H2,1-2H3,(H,57,60)/b7-5-,10-8+,13-11-,17-16-,20-19-,23-22-,26-25-,29-28-,43-41+,51-49+. The molecule has 340 valence electrons. The lowest BCUT2D eigenvalue weighted by Gasteiger charge is -2.19. The molecule has 0 aromatic heterocycles. The van der Waals surface area contributed by atoms with E-state index in [1.165, 1.54) is 96.3 Å². The van der Waals surface area contributed by atoms with Crippen molar-refractivity contribution >= 4 is 5.91 Å². The Morgan fingerprint density at radius 2 is 0.750 bits per heavy atom. The lowest BCUT2D eigenvalue weighted by Crippen LogP contribution is -2.45. The zero-order valence-corrected chi connectivity index (χ0v) is 38.9. The van der Waals surface area contributed by atoms with E-state index in [0.717, 1.165) is 89.9 Å². The second kappa shape index (κ2) is 50.1. The quantitative estimate of drug-likeness (QED) is 0.0424. The van der Waals surface area contributed by atoms with Crippen LogP contribution in [0.15, 0.2) is 122 Å². The maximum absolute atomic E-state index is 12.4. The Morgan fingerprint density at radius 3 is 1.15 bits per heavy atom. The van der Waals surface area contributed by atoms with Crippen LogP contribution in [0.25, 0.3) is 0 Å². The van der Waals surface area contributed by atoms with E-state index < -0.39 is 12.1 Å². The number of aliphatic hydroxyl groups excluding tert-OH is 2. The summed E-state index contributed by atoms with van der Waals surface area (Å²) < 4.78 is 0. The number of allylic oxidation sites excluding steroid dienone is 19. The molecule has 0 aliphatic carbocycles. The van der Waals surface area contributed by atoms with Crippen molar-refractivity contribution in [1.82, 2.24) is 5.32 Å². The highest BCUT2D eigenvalue weighted by molar-refractivity contribution is 5.76. The van der Waals surface area contributed by atoms with E-state index in [9.17, 15) is 15.0 Å². The normalized spacial score (nSPS) is 14.0. The molecule has 0 heterocycles. The first kappa shape index (κ1) is 56.8. The molecule has 0 aromatic rings. The highest BCUT2D eigenvalue weighted by Crippen LogP contribution is 2.14. The molecule has 0 bridgehead atoms. The van der Waals surface area contributed by atoms with E-state index in [4.69, 9.17) is 0 Å². The Labute approximate surface area is 371 Å². The molecule has 3 N–H and O–H groups in total. The maximum Gasteiger partial charge on any atom is 0.220 e. The van der Waals surface area contributed by atoms with Crippen LogP contribution in [0.2, 0.25) is 0 Å². The Balaban J connectivity index is 3.55. The SMILES string of the molecule is CC/C=C\C/C=C\C/C=C\C/C=C\C/C=C\C/C=C\C/C=C\CCCCCCCCCCCCCCCCCC(=O)NC(CO)C(O)/C=C/CC/C=C/CC/C=C/CCC. The number of nitrogens with one attached hydrogen (secondary N) is 1. The largest absolute Gasteiger partial charge is 0.394 e. The molecule has 2 unspecified atom stereocenters. The van der Waals surface area contributed by atoms with Gasteiger partial charge in [0.05, 0.1) is 18.8 Å². The molecule has 0 saturated heterocycles. The fraction of sp³-hybridized carbons (Fsp3) is 0.625. The van der Waals surface area contributed by atoms with Crippen LogP contribution in [-0.2, 0) is 4.79 Å². The van der Waals surface area contributed by atoms with Gasteiger partial charge >= 0.3 is 0 Å². The summed E-state index contributed by atoms with van der Waals surface area (Å²) in [5.74, 6) is -0.0852. The summed E-state index contributed by atoms with van der Waals surface area (Å²) in [6.45, 7) is 4.09. The highest BCUT2D eigenvalue weighted by Gasteiger charge is 2.17. The van der Waals surface area contributed by atoms with Gasteiger partial charge in [0.15, 0.2) is 0 Å². The first-order chi connectivity index (χ1) is 29.7. The monoisotopic (exact) mass is 828 g/mol. The summed E-state index contributed by atoms with van der Waals surface area (Å²) in [5, 5.41) is 22.9. The smallest absolute Gasteiger partial charge is 0.220 e. The topological polar surface area (TPSA) is 69.6 Å². The van der Waals surface area contributed by atoms with Gasteiger partial charge in [-0.15, -0.1) is 0 Å². The minimum Gasteiger partial charge on any atom is -0.394 e. The van der Waals surface area contributed by atoms with Crippen LogP contribution < -0.4 is 5.32 Å². The maximum atomic E-state index is 12.4. The molecule has 2 atom stereocenters. The lowest BCUT2D eigenvalue weighted by molar-refractivity contribution is -0.123. The van der Waals surface area contributed by atoms with Crippen molar-refractivity contribution in [3.05, 3.63) is 122 Å². The summed E-state index contributed by atoms with van der Waals surface area (Å²) in [4.78, 5) is 12.4. The number of aliphatic hydroxyl groups is 2. The number of unbranched alkanes of at least 4 members (excludes halogenated alkanes) is 18. The molecule has 60 heavy (non-hydrogen) atoms. The second-order valence-electron chi connectivity index (χ2n) is 16.1. The zero-order chi connectivity index (χ0) is 43.5. The molecule has 0 fully saturated rings. The van der Waals surface area contributed by atoms with Gasteiger partial charge in [0, 0.05) is 6.42 Å². The Morgan fingerprint density at radius 1 is 0.417 bits per heavy atom. The molecule has 1 amide bonds. The van der Waals surface area contributed by atoms with E-state index in [1.807, 2.05) is 6.08 Å². The summed E-state index contributed by atoms with van der Waals surface area (Å²) in [6, 6.07) is -0.650. The molecule has 0 radical (unpaired) electrons. The van der Waals surface area contributed by atoms with Gasteiger partial charge in [-0.2, -0.15) is 0 Å². The van der Waals surface area contributed by atoms with Crippen molar-refractivity contribution in [3.63, 3.8) is 0 Å². The van der Waals surface area contributed by atoms with Crippen LogP contribution in [0.1, 0.15) is 206 Å². The van der Waals surface area contributed by atoms with E-state index in [1.54, 1.807) is 6.08 Å². The average molecular weight is 828 g/mol. The van der Waals surface area contributed by atoms with Crippen LogP contribution in [0.5, 0.6) is 0 Å². The minimum atomic E-state index is -0.874. The van der Waals surface area contributed by atoms with E-state index in [0.29, 0.717) is 6.42 Å². The molecule has 0 saturated carbocycles. The van der Waals surface area contributed by atoms with Crippen LogP contribution >= 0.6 is 0 Å². The first-order valence-electron chi connectivity index (χ1n) is 24.7. The summed E-state index contributed by atoms with van der Waals surface area (Å²) in [6.07, 6.45) is 77.7. The number of hydrogen-bond acceptors (Lipinski definition) is 3. The van der Waals surface area contributed by atoms with Gasteiger partial charge < -0.3 is 15.5 Å². The van der Waals surface area contributed by atoms with Crippen LogP contribution in [0.4, 0.5) is 0 Å². The summed E-state index contributed by atoms with van der Waals surface area (Å²) >= 11 is 0. The number of rotatable bonds is 43. The molecule has 0 aromatic carbocycles. The van der Waals surface area contributed by atoms with Crippen molar-refractivity contribution < 1.29 is 15.0 Å². The van der Waals surface area contributed by atoms with Crippen molar-refractivity contribution in [1.29, 1.82) is 0 Å². The molecule has 4 heteroatoms. The predicted octanol–water partition coefficient (Wildman–Crippen LogP) is 16.1. The van der Waals surface area contributed by atoms with Crippen LogP contribution in [0, 0.1) is 0 Å². The first-order valence-corrected chi connectivity index (χ1v) is 24.7. The Hall–Kier alpha value is -3.21. The fourth-order valence-electron chi connectivity index (χ4n) is 6.67. The van der Waals surface area contributed by atoms with Crippen molar-refractivity contribution in [2.24, 2.45) is 0 Å². The van der Waals surface area contributed by atoms with E-state index in [2.05, 4.69) is 129 Å². The molecule has 0 aliphatic heterocycles. The van der Waals surface area contributed by atoms with Crippen molar-refractivity contribution in [2.75, 3.05) is 6.61 Å². The van der Waals surface area contributed by atoms with Crippen molar-refractivity contribution in [2.45, 2.75) is 219 Å². The molecule has 0 aliphatic rings. The molecule has 4 nitrogen and oxygen atoms in total. The van der Waals surface area contributed by atoms with Gasteiger partial charge in [-0.1, -0.05) is 225 Å². The van der Waals surface area contributed by atoms with E-state index in [-0.39, 0.29) is 12.5 Å². The van der Waals surface area contributed by atoms with Crippen LogP contribution in [-0.4, -0.2) is 34.9 Å². The molecular weight excluding hydrogens is 735 g/mol. The number of carbonyl (C=O) groups excluding carboxylic acids is 1. The summed E-state index contributed by atoms with van der Waals surface area (Å²) in [7, 11) is 0. The Bertz CT molecular complexity index is 1210. The second-order valence-corrected chi connectivity index (χ2v) is 16.1. The molecule has 0 spiro atoms. The van der Waals surface area contributed by atoms with Gasteiger partial charge in [0.2, 0.25) is 5.91 Å². The lowest BCUT2D eigenvalue weighted by atomic mass is 10.0. The number of carbonyl (C=O) groups is 1. The predicted molar refractivity (Wildman–Crippen MR) is 266 cm³/mol. The average Bonchev–Trinajstić information content (AvgIpc) is 3.25.